The summed E-state index contributed by atoms with van der Waals surface area (Å²) in [4.78, 5) is 17.6. The maximum Gasteiger partial charge on any atom is 0.279 e. The van der Waals surface area contributed by atoms with Crippen molar-refractivity contribution in [1.29, 1.82) is 0 Å². The molecule has 0 aliphatic carbocycles. The first-order valence-corrected chi connectivity index (χ1v) is 12.0. The minimum Gasteiger partial charge on any atom is -0.305 e. The quantitative estimate of drug-likeness (QED) is 0.560. The van der Waals surface area contributed by atoms with Gasteiger partial charge in [0.05, 0.1) is 21.7 Å². The van der Waals surface area contributed by atoms with Crippen LogP contribution >= 0.6 is 22.9 Å². The topological polar surface area (TPSA) is 71.7 Å². The van der Waals surface area contributed by atoms with Gasteiger partial charge in [-0.25, -0.2) is 8.42 Å². The molecule has 9 heteroatoms. The van der Waals surface area contributed by atoms with Crippen LogP contribution in [0.15, 0.2) is 52.4 Å². The molecule has 0 radical (unpaired) electrons. The van der Waals surface area contributed by atoms with Crippen LogP contribution in [-0.2, 0) is 16.6 Å². The van der Waals surface area contributed by atoms with Gasteiger partial charge in [0.1, 0.15) is 0 Å². The van der Waals surface area contributed by atoms with Crippen molar-refractivity contribution in [2.45, 2.75) is 24.3 Å². The molecule has 2 heterocycles. The Hall–Kier alpha value is -2.44. The van der Waals surface area contributed by atoms with E-state index in [0.29, 0.717) is 28.5 Å². The zero-order valence-electron chi connectivity index (χ0n) is 15.9. The molecule has 0 spiro atoms. The van der Waals surface area contributed by atoms with Crippen molar-refractivity contribution in [3.8, 4) is 12.3 Å². The van der Waals surface area contributed by atoms with E-state index in [-0.39, 0.29) is 11.4 Å². The van der Waals surface area contributed by atoms with Gasteiger partial charge in [0.2, 0.25) is 10.0 Å². The van der Waals surface area contributed by atoms with Crippen molar-refractivity contribution in [3.05, 3.63) is 57.9 Å². The van der Waals surface area contributed by atoms with E-state index < -0.39 is 15.9 Å². The van der Waals surface area contributed by atoms with E-state index in [1.807, 2.05) is 6.07 Å². The predicted octanol–water partition coefficient (Wildman–Crippen LogP) is 3.52. The van der Waals surface area contributed by atoms with Gasteiger partial charge in [0, 0.05) is 23.7 Å². The number of hydrogen-bond donors (Lipinski definition) is 0. The van der Waals surface area contributed by atoms with Crippen LogP contribution < -0.4 is 4.80 Å². The number of benzene rings is 2. The van der Waals surface area contributed by atoms with Gasteiger partial charge in [-0.05, 0) is 55.3 Å². The lowest BCUT2D eigenvalue weighted by molar-refractivity contribution is 0.0998. The highest BCUT2D eigenvalue weighted by Gasteiger charge is 2.27. The van der Waals surface area contributed by atoms with E-state index in [9.17, 15) is 13.2 Å². The lowest BCUT2D eigenvalue weighted by atomic mass is 10.2. The van der Waals surface area contributed by atoms with Crippen LogP contribution in [0.25, 0.3) is 10.2 Å². The average Bonchev–Trinajstić information content (AvgIpc) is 3.38. The van der Waals surface area contributed by atoms with Crippen LogP contribution in [0.4, 0.5) is 0 Å². The molecular formula is C21H18ClN3O3S2. The van der Waals surface area contributed by atoms with Gasteiger partial charge in [-0.15, -0.1) is 6.42 Å². The van der Waals surface area contributed by atoms with E-state index in [4.69, 9.17) is 18.0 Å². The number of terminal acetylenes is 1. The van der Waals surface area contributed by atoms with Gasteiger partial charge < -0.3 is 4.57 Å². The number of carbonyl (C=O) groups is 1. The van der Waals surface area contributed by atoms with Crippen molar-refractivity contribution < 1.29 is 13.2 Å². The van der Waals surface area contributed by atoms with E-state index in [1.165, 1.54) is 39.9 Å². The number of carbonyl (C=O) groups excluding carboxylic acids is 1. The molecule has 0 unspecified atom stereocenters. The third kappa shape index (κ3) is 3.94. The second-order valence-electron chi connectivity index (χ2n) is 6.84. The predicted molar refractivity (Wildman–Crippen MR) is 118 cm³/mol. The highest BCUT2D eigenvalue weighted by atomic mass is 35.5. The molecule has 0 saturated carbocycles. The first-order valence-electron chi connectivity index (χ1n) is 9.32. The molecule has 1 fully saturated rings. The van der Waals surface area contributed by atoms with E-state index >= 15 is 0 Å². The minimum atomic E-state index is -3.52. The summed E-state index contributed by atoms with van der Waals surface area (Å²) in [7, 11) is -3.52. The second-order valence-corrected chi connectivity index (χ2v) is 10.2. The first-order chi connectivity index (χ1) is 14.4. The Morgan fingerprint density at radius 1 is 1.17 bits per heavy atom. The van der Waals surface area contributed by atoms with Crippen LogP contribution in [-0.4, -0.2) is 36.3 Å². The van der Waals surface area contributed by atoms with Gasteiger partial charge in [0.25, 0.3) is 5.91 Å². The Labute approximate surface area is 183 Å². The van der Waals surface area contributed by atoms with Crippen molar-refractivity contribution in [2.75, 3.05) is 13.1 Å². The molecule has 1 saturated heterocycles. The molecule has 3 aromatic rings. The summed E-state index contributed by atoms with van der Waals surface area (Å²) in [6.07, 6.45) is 7.22. The van der Waals surface area contributed by atoms with Crippen molar-refractivity contribution >= 4 is 49.1 Å². The molecular weight excluding hydrogens is 442 g/mol. The fourth-order valence-corrected chi connectivity index (χ4v) is 6.20. The lowest BCUT2D eigenvalue weighted by Crippen LogP contribution is -2.27. The molecule has 0 bridgehead atoms. The first kappa shape index (κ1) is 20.8. The Bertz CT molecular complexity index is 1330. The number of sulfonamides is 1. The molecule has 0 atom stereocenters. The fourth-order valence-electron chi connectivity index (χ4n) is 3.37. The average molecular weight is 460 g/mol. The number of fused-ring (bicyclic) bond motifs is 1. The number of rotatable bonds is 4. The molecule has 2 aromatic carbocycles. The van der Waals surface area contributed by atoms with Gasteiger partial charge in [0.15, 0.2) is 4.80 Å². The summed E-state index contributed by atoms with van der Waals surface area (Å²) in [6.45, 7) is 1.33. The van der Waals surface area contributed by atoms with Gasteiger partial charge in [-0.1, -0.05) is 28.9 Å². The van der Waals surface area contributed by atoms with Crippen molar-refractivity contribution in [1.82, 2.24) is 8.87 Å². The van der Waals surface area contributed by atoms with Crippen LogP contribution in [0.5, 0.6) is 0 Å². The summed E-state index contributed by atoms with van der Waals surface area (Å²) >= 11 is 7.38. The number of thiazole rings is 1. The minimum absolute atomic E-state index is 0.180. The lowest BCUT2D eigenvalue weighted by Gasteiger charge is -2.15. The molecule has 6 nitrogen and oxygen atoms in total. The molecule has 1 aliphatic rings. The monoisotopic (exact) mass is 459 g/mol. The summed E-state index contributed by atoms with van der Waals surface area (Å²) in [5.41, 5.74) is 1.15. The van der Waals surface area contributed by atoms with Gasteiger partial charge >= 0.3 is 0 Å². The van der Waals surface area contributed by atoms with Gasteiger partial charge in [-0.3, -0.25) is 4.79 Å². The van der Waals surface area contributed by atoms with E-state index in [0.717, 1.165) is 23.1 Å². The number of aromatic nitrogens is 1. The zero-order valence-corrected chi connectivity index (χ0v) is 18.3. The summed E-state index contributed by atoms with van der Waals surface area (Å²) < 4.78 is 29.4. The van der Waals surface area contributed by atoms with Crippen LogP contribution in [0.2, 0.25) is 5.02 Å². The standard InChI is InChI=1S/C21H18ClN3O3S2/c1-2-11-25-18-10-7-16(22)14-19(18)29-21(25)23-20(26)15-5-8-17(9-6-15)30(27,28)24-12-3-4-13-24/h1,5-10,14H,3-4,11-13H2. The maximum absolute atomic E-state index is 12.7. The van der Waals surface area contributed by atoms with Gasteiger partial charge in [-0.2, -0.15) is 9.30 Å². The second kappa shape index (κ2) is 8.36. The maximum atomic E-state index is 12.7. The summed E-state index contributed by atoms with van der Waals surface area (Å²) in [5, 5.41) is 0.587. The SMILES string of the molecule is C#CCn1c(=NC(=O)c2ccc(S(=O)(=O)N3CCCC3)cc2)sc2cc(Cl)ccc21. The van der Waals surface area contributed by atoms with Crippen LogP contribution in [0, 0.1) is 12.3 Å². The largest absolute Gasteiger partial charge is 0.305 e. The zero-order chi connectivity index (χ0) is 21.3. The third-order valence-corrected chi connectivity index (χ3v) is 8.08. The Balaban J connectivity index is 1.68. The van der Waals surface area contributed by atoms with Crippen LogP contribution in [0.3, 0.4) is 0 Å². The molecule has 0 N–H and O–H groups in total. The number of amides is 1. The number of nitrogens with zero attached hydrogens (tertiary/aromatic N) is 3. The molecule has 1 aliphatic heterocycles. The summed E-state index contributed by atoms with van der Waals surface area (Å²) in [5.74, 6) is 2.11. The Morgan fingerprint density at radius 3 is 2.53 bits per heavy atom. The molecule has 154 valence electrons. The number of hydrogen-bond acceptors (Lipinski definition) is 4. The molecule has 4 rings (SSSR count). The molecule has 1 amide bonds. The van der Waals surface area contributed by atoms with Crippen LogP contribution in [0.1, 0.15) is 23.2 Å². The van der Waals surface area contributed by atoms with Crippen molar-refractivity contribution in [3.63, 3.8) is 0 Å². The normalized spacial score (nSPS) is 15.5. The smallest absolute Gasteiger partial charge is 0.279 e. The molecule has 1 aromatic heterocycles. The van der Waals surface area contributed by atoms with E-state index in [1.54, 1.807) is 16.7 Å². The number of halogens is 1. The molecule has 30 heavy (non-hydrogen) atoms. The van der Waals surface area contributed by atoms with Crippen molar-refractivity contribution in [2.24, 2.45) is 4.99 Å². The van der Waals surface area contributed by atoms with E-state index in [2.05, 4.69) is 10.9 Å². The fraction of sp³-hybridized carbons (Fsp3) is 0.238. The highest BCUT2D eigenvalue weighted by Crippen LogP contribution is 2.23. The Kier molecular flexibility index (Phi) is 5.80. The highest BCUT2D eigenvalue weighted by molar-refractivity contribution is 7.89. The third-order valence-electron chi connectivity index (χ3n) is 4.90. The Morgan fingerprint density at radius 2 is 1.87 bits per heavy atom. The summed E-state index contributed by atoms with van der Waals surface area (Å²) in [6, 6.07) is 11.3.